The van der Waals surface area contributed by atoms with Crippen LogP contribution in [0.1, 0.15) is 42.5 Å². The van der Waals surface area contributed by atoms with Crippen LogP contribution < -0.4 is 10.6 Å². The molecule has 0 heterocycles. The van der Waals surface area contributed by atoms with Gasteiger partial charge in [-0.2, -0.15) is 0 Å². The zero-order valence-corrected chi connectivity index (χ0v) is 12.2. The summed E-state index contributed by atoms with van der Waals surface area (Å²) in [6, 6.07) is 4.54. The number of anilines is 1. The molecule has 0 unspecified atom stereocenters. The number of benzene rings is 1. The molecule has 21 heavy (non-hydrogen) atoms. The van der Waals surface area contributed by atoms with Crippen molar-refractivity contribution in [2.75, 3.05) is 18.9 Å². The highest BCUT2D eigenvalue weighted by Gasteiger charge is 2.19. The molecular formula is C15H21N3O3. The van der Waals surface area contributed by atoms with Crippen LogP contribution in [0.15, 0.2) is 18.2 Å². The van der Waals surface area contributed by atoms with E-state index in [2.05, 4.69) is 10.6 Å². The molecule has 1 saturated carbocycles. The van der Waals surface area contributed by atoms with Crippen LogP contribution in [0.5, 0.6) is 0 Å². The second-order valence-electron chi connectivity index (χ2n) is 5.45. The minimum absolute atomic E-state index is 0.0492. The molecule has 1 aromatic rings. The Morgan fingerprint density at radius 2 is 2.05 bits per heavy atom. The van der Waals surface area contributed by atoms with Gasteiger partial charge in [0, 0.05) is 25.2 Å². The fourth-order valence-corrected chi connectivity index (χ4v) is 2.76. The number of nitro benzene ring substituents is 1. The maximum absolute atomic E-state index is 11.6. The Labute approximate surface area is 124 Å². The van der Waals surface area contributed by atoms with E-state index in [1.165, 1.54) is 45.2 Å². The lowest BCUT2D eigenvalue weighted by atomic mass is 9.89. The molecule has 2 N–H and O–H groups in total. The van der Waals surface area contributed by atoms with Gasteiger partial charge in [0.1, 0.15) is 5.69 Å². The van der Waals surface area contributed by atoms with Crippen LogP contribution in [-0.4, -0.2) is 24.4 Å². The first kappa shape index (κ1) is 15.3. The van der Waals surface area contributed by atoms with E-state index in [-0.39, 0.29) is 11.6 Å². The first-order valence-corrected chi connectivity index (χ1v) is 7.36. The zero-order valence-electron chi connectivity index (χ0n) is 12.2. The van der Waals surface area contributed by atoms with Crippen LogP contribution >= 0.6 is 0 Å². The van der Waals surface area contributed by atoms with E-state index in [0.717, 1.165) is 6.54 Å². The van der Waals surface area contributed by atoms with E-state index in [1.54, 1.807) is 12.1 Å². The van der Waals surface area contributed by atoms with Crippen LogP contribution in [0.4, 0.5) is 11.4 Å². The molecule has 2 rings (SSSR count). The van der Waals surface area contributed by atoms with Gasteiger partial charge in [0.25, 0.3) is 11.6 Å². The van der Waals surface area contributed by atoms with Crippen molar-refractivity contribution in [2.24, 2.45) is 5.92 Å². The van der Waals surface area contributed by atoms with Crippen LogP contribution in [0.3, 0.4) is 0 Å². The lowest BCUT2D eigenvalue weighted by Crippen LogP contribution is -2.19. The number of nitrogens with zero attached hydrogens (tertiary/aromatic N) is 1. The van der Waals surface area contributed by atoms with Crippen molar-refractivity contribution in [1.82, 2.24) is 5.32 Å². The molecule has 0 aliphatic heterocycles. The van der Waals surface area contributed by atoms with Gasteiger partial charge in [-0.25, -0.2) is 0 Å². The maximum Gasteiger partial charge on any atom is 0.293 e. The van der Waals surface area contributed by atoms with Crippen molar-refractivity contribution in [3.8, 4) is 0 Å². The van der Waals surface area contributed by atoms with Crippen LogP contribution in [0.25, 0.3) is 0 Å². The summed E-state index contributed by atoms with van der Waals surface area (Å²) in [5.74, 6) is 0.258. The van der Waals surface area contributed by atoms with Gasteiger partial charge in [-0.3, -0.25) is 14.9 Å². The smallest absolute Gasteiger partial charge is 0.293 e. The van der Waals surface area contributed by atoms with Crippen LogP contribution in [0.2, 0.25) is 0 Å². The van der Waals surface area contributed by atoms with E-state index in [9.17, 15) is 14.9 Å². The van der Waals surface area contributed by atoms with Gasteiger partial charge in [-0.1, -0.05) is 19.3 Å². The predicted molar refractivity (Wildman–Crippen MR) is 81.6 cm³/mol. The van der Waals surface area contributed by atoms with Crippen molar-refractivity contribution in [1.29, 1.82) is 0 Å². The molecular weight excluding hydrogens is 270 g/mol. The van der Waals surface area contributed by atoms with Gasteiger partial charge in [-0.15, -0.1) is 0 Å². The van der Waals surface area contributed by atoms with E-state index < -0.39 is 4.92 Å². The van der Waals surface area contributed by atoms with Gasteiger partial charge in [0.2, 0.25) is 0 Å². The van der Waals surface area contributed by atoms with Crippen molar-refractivity contribution < 1.29 is 9.72 Å². The molecule has 1 aromatic carbocycles. The number of amides is 1. The highest BCUT2D eigenvalue weighted by Crippen LogP contribution is 2.28. The van der Waals surface area contributed by atoms with Crippen molar-refractivity contribution in [2.45, 2.75) is 32.1 Å². The summed E-state index contributed by atoms with van der Waals surface area (Å²) in [6.07, 6.45) is 6.12. The van der Waals surface area contributed by atoms with E-state index in [1.807, 2.05) is 0 Å². The van der Waals surface area contributed by atoms with Crippen LogP contribution in [0, 0.1) is 16.0 Å². The topological polar surface area (TPSA) is 84.3 Å². The average Bonchev–Trinajstić information content (AvgIpc) is 2.52. The largest absolute Gasteiger partial charge is 0.379 e. The third-order valence-corrected chi connectivity index (χ3v) is 3.99. The quantitative estimate of drug-likeness (QED) is 0.645. The summed E-state index contributed by atoms with van der Waals surface area (Å²) in [5, 5.41) is 16.8. The summed E-state index contributed by atoms with van der Waals surface area (Å²) in [6.45, 7) is 0.750. The number of nitrogens with one attached hydrogen (secondary N) is 2. The SMILES string of the molecule is CNC(=O)c1ccc(NCC2CCCCC2)c([N+](=O)[O-])c1. The van der Waals surface area contributed by atoms with Crippen molar-refractivity contribution in [3.63, 3.8) is 0 Å². The highest BCUT2D eigenvalue weighted by atomic mass is 16.6. The second kappa shape index (κ2) is 7.06. The van der Waals surface area contributed by atoms with Gasteiger partial charge < -0.3 is 10.6 Å². The molecule has 0 bridgehead atoms. The zero-order chi connectivity index (χ0) is 15.2. The van der Waals surface area contributed by atoms with Gasteiger partial charge in [0.15, 0.2) is 0 Å². The van der Waals surface area contributed by atoms with Crippen molar-refractivity contribution in [3.05, 3.63) is 33.9 Å². The fourth-order valence-electron chi connectivity index (χ4n) is 2.76. The Balaban J connectivity index is 2.10. The Kier molecular flexibility index (Phi) is 5.14. The molecule has 1 amide bonds. The standard InChI is InChI=1S/C15H21N3O3/c1-16-15(19)12-7-8-13(14(9-12)18(20)21)17-10-11-5-3-2-4-6-11/h7-9,11,17H,2-6,10H2,1H3,(H,16,19). The first-order chi connectivity index (χ1) is 10.1. The van der Waals surface area contributed by atoms with E-state index in [0.29, 0.717) is 17.2 Å². The van der Waals surface area contributed by atoms with E-state index in [4.69, 9.17) is 0 Å². The fraction of sp³-hybridized carbons (Fsp3) is 0.533. The minimum Gasteiger partial charge on any atom is -0.379 e. The molecule has 1 aliphatic rings. The lowest BCUT2D eigenvalue weighted by molar-refractivity contribution is -0.384. The molecule has 0 radical (unpaired) electrons. The molecule has 0 atom stereocenters. The second-order valence-corrected chi connectivity index (χ2v) is 5.45. The number of carbonyl (C=O) groups excluding carboxylic acids is 1. The predicted octanol–water partition coefficient (Wildman–Crippen LogP) is 2.95. The van der Waals surface area contributed by atoms with Crippen molar-refractivity contribution >= 4 is 17.3 Å². The van der Waals surface area contributed by atoms with Gasteiger partial charge in [-0.05, 0) is 30.9 Å². The molecule has 0 saturated heterocycles. The third-order valence-electron chi connectivity index (χ3n) is 3.99. The van der Waals surface area contributed by atoms with E-state index >= 15 is 0 Å². The Hall–Kier alpha value is -2.11. The first-order valence-electron chi connectivity index (χ1n) is 7.36. The molecule has 0 aromatic heterocycles. The van der Waals surface area contributed by atoms with Crippen LogP contribution in [-0.2, 0) is 0 Å². The monoisotopic (exact) mass is 291 g/mol. The Morgan fingerprint density at radius 3 is 2.67 bits per heavy atom. The van der Waals surface area contributed by atoms with Gasteiger partial charge >= 0.3 is 0 Å². The summed E-state index contributed by atoms with van der Waals surface area (Å²) in [5.41, 5.74) is 0.734. The molecule has 1 fully saturated rings. The molecule has 6 nitrogen and oxygen atoms in total. The maximum atomic E-state index is 11.6. The van der Waals surface area contributed by atoms with Gasteiger partial charge in [0.05, 0.1) is 4.92 Å². The molecule has 114 valence electrons. The average molecular weight is 291 g/mol. The number of rotatable bonds is 5. The summed E-state index contributed by atoms with van der Waals surface area (Å²) in [7, 11) is 1.50. The number of carbonyl (C=O) groups is 1. The number of nitro groups is 1. The highest BCUT2D eigenvalue weighted by molar-refractivity contribution is 5.95. The molecule has 6 heteroatoms. The third kappa shape index (κ3) is 3.93. The number of hydrogen-bond donors (Lipinski definition) is 2. The number of hydrogen-bond acceptors (Lipinski definition) is 4. The Bertz CT molecular complexity index is 525. The lowest BCUT2D eigenvalue weighted by Gasteiger charge is -2.22. The molecule has 1 aliphatic carbocycles. The summed E-state index contributed by atoms with van der Waals surface area (Å²) in [4.78, 5) is 22.3. The summed E-state index contributed by atoms with van der Waals surface area (Å²) < 4.78 is 0. The normalized spacial score (nSPS) is 15.5. The Morgan fingerprint density at radius 1 is 1.33 bits per heavy atom. The minimum atomic E-state index is -0.449. The summed E-state index contributed by atoms with van der Waals surface area (Å²) >= 11 is 0. The molecule has 0 spiro atoms.